The van der Waals surface area contributed by atoms with Crippen molar-refractivity contribution in [2.45, 2.75) is 13.0 Å². The first-order chi connectivity index (χ1) is 5.25. The van der Waals surface area contributed by atoms with Gasteiger partial charge in [-0.15, -0.1) is 11.3 Å². The van der Waals surface area contributed by atoms with Crippen LogP contribution < -0.4 is 5.73 Å². The molecule has 3 N–H and O–H groups in total. The van der Waals surface area contributed by atoms with Crippen molar-refractivity contribution in [3.8, 4) is 0 Å². The summed E-state index contributed by atoms with van der Waals surface area (Å²) in [5, 5.41) is 10.8. The molecule has 2 unspecified atom stereocenters. The van der Waals surface area contributed by atoms with Crippen LogP contribution in [0.2, 0.25) is 0 Å². The van der Waals surface area contributed by atoms with Crippen LogP contribution in [0.4, 0.5) is 0 Å². The van der Waals surface area contributed by atoms with Crippen LogP contribution in [0.3, 0.4) is 0 Å². The fourth-order valence-electron chi connectivity index (χ4n) is 0.875. The van der Waals surface area contributed by atoms with Crippen molar-refractivity contribution in [2.24, 2.45) is 11.7 Å². The smallest absolute Gasteiger partial charge is 0.0475 e. The number of hydrogen-bond acceptors (Lipinski definition) is 3. The largest absolute Gasteiger partial charge is 0.396 e. The Morgan fingerprint density at radius 2 is 2.45 bits per heavy atom. The van der Waals surface area contributed by atoms with Gasteiger partial charge in [-0.1, -0.05) is 13.0 Å². The summed E-state index contributed by atoms with van der Waals surface area (Å²) in [5.41, 5.74) is 5.84. The molecule has 0 aromatic carbocycles. The lowest BCUT2D eigenvalue weighted by molar-refractivity contribution is 0.218. The number of rotatable bonds is 3. The molecule has 2 atom stereocenters. The summed E-state index contributed by atoms with van der Waals surface area (Å²) in [6, 6.07) is 3.96. The van der Waals surface area contributed by atoms with Crippen molar-refractivity contribution < 1.29 is 5.11 Å². The molecule has 0 aliphatic heterocycles. The third kappa shape index (κ3) is 2.02. The van der Waals surface area contributed by atoms with Crippen LogP contribution >= 0.6 is 11.3 Å². The fourth-order valence-corrected chi connectivity index (χ4v) is 1.74. The highest BCUT2D eigenvalue weighted by Gasteiger charge is 2.13. The second kappa shape index (κ2) is 3.85. The Bertz CT molecular complexity index is 198. The van der Waals surface area contributed by atoms with Gasteiger partial charge in [-0.25, -0.2) is 0 Å². The average Bonchev–Trinajstić information content (AvgIpc) is 2.53. The standard InChI is InChI=1S/C8H13NOS/c1-6(5-10)8(9)7-3-2-4-11-7/h2-4,6,8,10H,5,9H2,1H3. The van der Waals surface area contributed by atoms with Crippen molar-refractivity contribution in [3.63, 3.8) is 0 Å². The molecule has 0 radical (unpaired) electrons. The fraction of sp³-hybridized carbons (Fsp3) is 0.500. The predicted octanol–water partition coefficient (Wildman–Crippen LogP) is 1.38. The normalized spacial score (nSPS) is 16.3. The molecule has 11 heavy (non-hydrogen) atoms. The van der Waals surface area contributed by atoms with Crippen molar-refractivity contribution in [1.29, 1.82) is 0 Å². The number of thiophene rings is 1. The van der Waals surface area contributed by atoms with E-state index in [1.807, 2.05) is 24.4 Å². The van der Waals surface area contributed by atoms with E-state index in [9.17, 15) is 0 Å². The predicted molar refractivity (Wildman–Crippen MR) is 47.5 cm³/mol. The van der Waals surface area contributed by atoms with Crippen LogP contribution in [-0.2, 0) is 0 Å². The number of aliphatic hydroxyl groups excluding tert-OH is 1. The van der Waals surface area contributed by atoms with Gasteiger partial charge in [0.25, 0.3) is 0 Å². The quantitative estimate of drug-likeness (QED) is 0.721. The zero-order valence-electron chi connectivity index (χ0n) is 6.53. The highest BCUT2D eigenvalue weighted by molar-refractivity contribution is 7.10. The molecule has 0 aliphatic rings. The van der Waals surface area contributed by atoms with Gasteiger partial charge in [0.15, 0.2) is 0 Å². The Balaban J connectivity index is 2.62. The molecule has 1 rings (SSSR count). The van der Waals surface area contributed by atoms with Crippen molar-refractivity contribution in [3.05, 3.63) is 22.4 Å². The molecule has 3 heteroatoms. The van der Waals surface area contributed by atoms with E-state index in [1.165, 1.54) is 0 Å². The van der Waals surface area contributed by atoms with Gasteiger partial charge in [0.2, 0.25) is 0 Å². The van der Waals surface area contributed by atoms with E-state index in [0.717, 1.165) is 4.88 Å². The number of hydrogen-bond donors (Lipinski definition) is 2. The summed E-state index contributed by atoms with van der Waals surface area (Å²) in [4.78, 5) is 1.14. The molecular formula is C8H13NOS. The Morgan fingerprint density at radius 3 is 2.91 bits per heavy atom. The van der Waals surface area contributed by atoms with Gasteiger partial charge in [-0.05, 0) is 17.4 Å². The van der Waals surface area contributed by atoms with Gasteiger partial charge in [0, 0.05) is 17.5 Å². The molecule has 0 spiro atoms. The number of aliphatic hydroxyl groups is 1. The SMILES string of the molecule is CC(CO)C(N)c1cccs1. The van der Waals surface area contributed by atoms with E-state index in [-0.39, 0.29) is 18.6 Å². The maximum atomic E-state index is 8.83. The van der Waals surface area contributed by atoms with E-state index in [1.54, 1.807) is 11.3 Å². The maximum Gasteiger partial charge on any atom is 0.0475 e. The van der Waals surface area contributed by atoms with E-state index in [4.69, 9.17) is 10.8 Å². The van der Waals surface area contributed by atoms with E-state index in [0.29, 0.717) is 0 Å². The summed E-state index contributed by atoms with van der Waals surface area (Å²) >= 11 is 1.64. The minimum Gasteiger partial charge on any atom is -0.396 e. The minimum absolute atomic E-state index is 0.0139. The molecule has 62 valence electrons. The summed E-state index contributed by atoms with van der Waals surface area (Å²) in [6.07, 6.45) is 0. The molecule has 1 aromatic heterocycles. The zero-order chi connectivity index (χ0) is 8.27. The van der Waals surface area contributed by atoms with Crippen LogP contribution in [0.1, 0.15) is 17.8 Å². The summed E-state index contributed by atoms with van der Waals surface area (Å²) < 4.78 is 0. The lowest BCUT2D eigenvalue weighted by Crippen LogP contribution is -2.20. The summed E-state index contributed by atoms with van der Waals surface area (Å²) in [5.74, 6) is 0.147. The lowest BCUT2D eigenvalue weighted by atomic mass is 10.0. The summed E-state index contributed by atoms with van der Waals surface area (Å²) in [7, 11) is 0. The zero-order valence-corrected chi connectivity index (χ0v) is 7.34. The monoisotopic (exact) mass is 171 g/mol. The highest BCUT2D eigenvalue weighted by atomic mass is 32.1. The third-order valence-electron chi connectivity index (χ3n) is 1.77. The van der Waals surface area contributed by atoms with Gasteiger partial charge < -0.3 is 10.8 Å². The lowest BCUT2D eigenvalue weighted by Gasteiger charge is -2.15. The molecular weight excluding hydrogens is 158 g/mol. The molecule has 0 saturated heterocycles. The second-order valence-electron chi connectivity index (χ2n) is 2.70. The second-order valence-corrected chi connectivity index (χ2v) is 3.68. The van der Waals surface area contributed by atoms with E-state index < -0.39 is 0 Å². The highest BCUT2D eigenvalue weighted by Crippen LogP contribution is 2.22. The summed E-state index contributed by atoms with van der Waals surface area (Å²) in [6.45, 7) is 2.10. The van der Waals surface area contributed by atoms with Crippen molar-refractivity contribution in [2.75, 3.05) is 6.61 Å². The Hall–Kier alpha value is -0.380. The molecule has 0 fully saturated rings. The van der Waals surface area contributed by atoms with Crippen LogP contribution in [0.15, 0.2) is 17.5 Å². The molecule has 0 saturated carbocycles. The topological polar surface area (TPSA) is 46.2 Å². The average molecular weight is 171 g/mol. The first kappa shape index (κ1) is 8.71. The Labute approximate surface area is 70.7 Å². The van der Waals surface area contributed by atoms with Crippen LogP contribution in [0.5, 0.6) is 0 Å². The first-order valence-corrected chi connectivity index (χ1v) is 4.53. The van der Waals surface area contributed by atoms with Crippen LogP contribution in [-0.4, -0.2) is 11.7 Å². The van der Waals surface area contributed by atoms with Gasteiger partial charge in [-0.3, -0.25) is 0 Å². The third-order valence-corrected chi connectivity index (χ3v) is 2.75. The minimum atomic E-state index is -0.0139. The molecule has 0 bridgehead atoms. The van der Waals surface area contributed by atoms with Gasteiger partial charge >= 0.3 is 0 Å². The van der Waals surface area contributed by atoms with Crippen molar-refractivity contribution in [1.82, 2.24) is 0 Å². The first-order valence-electron chi connectivity index (χ1n) is 3.65. The maximum absolute atomic E-state index is 8.83. The van der Waals surface area contributed by atoms with Crippen LogP contribution in [0.25, 0.3) is 0 Å². The molecule has 0 amide bonds. The van der Waals surface area contributed by atoms with Gasteiger partial charge in [-0.2, -0.15) is 0 Å². The van der Waals surface area contributed by atoms with E-state index >= 15 is 0 Å². The molecule has 1 aromatic rings. The molecule has 0 aliphatic carbocycles. The molecule has 1 heterocycles. The Morgan fingerprint density at radius 1 is 1.73 bits per heavy atom. The number of nitrogens with two attached hydrogens (primary N) is 1. The van der Waals surface area contributed by atoms with Crippen LogP contribution in [0, 0.1) is 5.92 Å². The van der Waals surface area contributed by atoms with Gasteiger partial charge in [0.05, 0.1) is 0 Å². The van der Waals surface area contributed by atoms with Gasteiger partial charge in [0.1, 0.15) is 0 Å². The van der Waals surface area contributed by atoms with E-state index in [2.05, 4.69) is 0 Å². The molecule has 2 nitrogen and oxygen atoms in total. The Kier molecular flexibility index (Phi) is 3.05. The van der Waals surface area contributed by atoms with Crippen molar-refractivity contribution >= 4 is 11.3 Å².